The van der Waals surface area contributed by atoms with Gasteiger partial charge in [-0.3, -0.25) is 29.0 Å². The van der Waals surface area contributed by atoms with Crippen LogP contribution in [0.3, 0.4) is 0 Å². The standard InChI is InChI=1S/C15H18N2O4/c1-11(10-17-14(20)7-8-15(17)21)4-2-3-9-16-12(18)5-6-13(16)19/h5-8,11H,2-4,9-10H2,1H3. The van der Waals surface area contributed by atoms with Gasteiger partial charge in [0.25, 0.3) is 23.6 Å². The number of imide groups is 2. The van der Waals surface area contributed by atoms with Crippen LogP contribution in [0.15, 0.2) is 24.3 Å². The molecule has 1 unspecified atom stereocenters. The fraction of sp³-hybridized carbons (Fsp3) is 0.467. The lowest BCUT2D eigenvalue weighted by molar-refractivity contribution is -0.139. The summed E-state index contributed by atoms with van der Waals surface area (Å²) in [6.07, 6.45) is 7.52. The SMILES string of the molecule is CC(CCCCN1C(=O)C=CC1=O)CN1C(=O)C=CC1=O. The molecule has 2 aliphatic rings. The first-order valence-electron chi connectivity index (χ1n) is 7.06. The van der Waals surface area contributed by atoms with Crippen molar-refractivity contribution in [2.75, 3.05) is 13.1 Å². The van der Waals surface area contributed by atoms with E-state index in [1.54, 1.807) is 0 Å². The molecule has 2 rings (SSSR count). The van der Waals surface area contributed by atoms with Gasteiger partial charge in [0.1, 0.15) is 0 Å². The molecule has 0 saturated heterocycles. The lowest BCUT2D eigenvalue weighted by Gasteiger charge is -2.19. The van der Waals surface area contributed by atoms with Gasteiger partial charge in [-0.15, -0.1) is 0 Å². The van der Waals surface area contributed by atoms with Crippen LogP contribution < -0.4 is 0 Å². The molecule has 0 aromatic rings. The normalized spacial score (nSPS) is 19.3. The molecule has 0 aromatic carbocycles. The minimum Gasteiger partial charge on any atom is -0.275 e. The molecule has 0 radical (unpaired) electrons. The molecule has 2 heterocycles. The van der Waals surface area contributed by atoms with E-state index in [1.165, 1.54) is 34.1 Å². The summed E-state index contributed by atoms with van der Waals surface area (Å²) in [4.78, 5) is 48.0. The minimum atomic E-state index is -0.258. The van der Waals surface area contributed by atoms with Gasteiger partial charge in [0.2, 0.25) is 0 Å². The maximum Gasteiger partial charge on any atom is 0.253 e. The van der Waals surface area contributed by atoms with E-state index >= 15 is 0 Å². The van der Waals surface area contributed by atoms with Crippen LogP contribution in [0, 0.1) is 5.92 Å². The van der Waals surface area contributed by atoms with E-state index < -0.39 is 0 Å². The van der Waals surface area contributed by atoms with Crippen LogP contribution in [-0.2, 0) is 19.2 Å². The van der Waals surface area contributed by atoms with Crippen molar-refractivity contribution < 1.29 is 19.2 Å². The smallest absolute Gasteiger partial charge is 0.253 e. The number of hydrogen-bond acceptors (Lipinski definition) is 4. The Bertz CT molecular complexity index is 500. The second kappa shape index (κ2) is 6.47. The molecule has 0 aliphatic carbocycles. The topological polar surface area (TPSA) is 74.8 Å². The number of hydrogen-bond donors (Lipinski definition) is 0. The van der Waals surface area contributed by atoms with E-state index in [2.05, 4.69) is 0 Å². The van der Waals surface area contributed by atoms with Crippen LogP contribution in [0.5, 0.6) is 0 Å². The predicted molar refractivity (Wildman–Crippen MR) is 74.7 cm³/mol. The molecule has 0 bridgehead atoms. The Morgan fingerprint density at radius 1 is 0.810 bits per heavy atom. The Hall–Kier alpha value is -2.24. The van der Waals surface area contributed by atoms with Crippen LogP contribution >= 0.6 is 0 Å². The summed E-state index contributed by atoms with van der Waals surface area (Å²) >= 11 is 0. The van der Waals surface area contributed by atoms with Gasteiger partial charge >= 0.3 is 0 Å². The van der Waals surface area contributed by atoms with Gasteiger partial charge in [-0.25, -0.2) is 0 Å². The third-order valence-electron chi connectivity index (χ3n) is 3.62. The highest BCUT2D eigenvalue weighted by Crippen LogP contribution is 2.14. The van der Waals surface area contributed by atoms with E-state index in [9.17, 15) is 19.2 Å². The summed E-state index contributed by atoms with van der Waals surface area (Å²) in [5, 5.41) is 0. The van der Waals surface area contributed by atoms with Gasteiger partial charge in [-0.05, 0) is 18.8 Å². The van der Waals surface area contributed by atoms with Crippen LogP contribution in [0.2, 0.25) is 0 Å². The van der Waals surface area contributed by atoms with Gasteiger partial charge in [0.15, 0.2) is 0 Å². The number of unbranched alkanes of at least 4 members (excludes halogenated alkanes) is 1. The van der Waals surface area contributed by atoms with Crippen LogP contribution in [-0.4, -0.2) is 46.5 Å². The lowest BCUT2D eigenvalue weighted by Crippen LogP contribution is -2.34. The van der Waals surface area contributed by atoms with Crippen LogP contribution in [0.1, 0.15) is 26.2 Å². The second-order valence-electron chi connectivity index (χ2n) is 5.38. The fourth-order valence-corrected chi connectivity index (χ4v) is 2.43. The van der Waals surface area contributed by atoms with Crippen molar-refractivity contribution in [2.45, 2.75) is 26.2 Å². The maximum absolute atomic E-state index is 11.4. The number of rotatable bonds is 7. The lowest BCUT2D eigenvalue weighted by atomic mass is 10.0. The molecule has 2 aliphatic heterocycles. The zero-order valence-corrected chi connectivity index (χ0v) is 11.9. The highest BCUT2D eigenvalue weighted by atomic mass is 16.2. The quantitative estimate of drug-likeness (QED) is 0.509. The average molecular weight is 290 g/mol. The zero-order chi connectivity index (χ0) is 15.4. The largest absolute Gasteiger partial charge is 0.275 e. The van der Waals surface area contributed by atoms with Crippen molar-refractivity contribution in [3.05, 3.63) is 24.3 Å². The minimum absolute atomic E-state index is 0.195. The van der Waals surface area contributed by atoms with Crippen LogP contribution in [0.4, 0.5) is 0 Å². The molecule has 4 amide bonds. The summed E-state index contributed by atoms with van der Waals surface area (Å²) in [6.45, 7) is 2.81. The van der Waals surface area contributed by atoms with Gasteiger partial charge in [-0.1, -0.05) is 13.3 Å². The van der Waals surface area contributed by atoms with Crippen molar-refractivity contribution in [3.63, 3.8) is 0 Å². The molecule has 0 spiro atoms. The molecular formula is C15H18N2O4. The van der Waals surface area contributed by atoms with Crippen molar-refractivity contribution >= 4 is 23.6 Å². The molecule has 112 valence electrons. The summed E-state index contributed by atoms with van der Waals surface area (Å²) < 4.78 is 0. The molecule has 0 N–H and O–H groups in total. The maximum atomic E-state index is 11.4. The Kier molecular flexibility index (Phi) is 4.67. The van der Waals surface area contributed by atoms with E-state index in [0.29, 0.717) is 13.1 Å². The number of carbonyl (C=O) groups is 4. The van der Waals surface area contributed by atoms with E-state index in [4.69, 9.17) is 0 Å². The van der Waals surface area contributed by atoms with Crippen molar-refractivity contribution in [2.24, 2.45) is 5.92 Å². The first-order chi connectivity index (χ1) is 9.99. The van der Waals surface area contributed by atoms with Gasteiger partial charge in [0, 0.05) is 37.4 Å². The molecule has 6 heteroatoms. The Balaban J connectivity index is 1.65. The van der Waals surface area contributed by atoms with Crippen LogP contribution in [0.25, 0.3) is 0 Å². The summed E-state index contributed by atoms with van der Waals surface area (Å²) in [5.74, 6) is -0.835. The third-order valence-corrected chi connectivity index (χ3v) is 3.62. The first-order valence-corrected chi connectivity index (χ1v) is 7.06. The number of amides is 4. The zero-order valence-electron chi connectivity index (χ0n) is 11.9. The van der Waals surface area contributed by atoms with E-state index in [1.807, 2.05) is 6.92 Å². The third kappa shape index (κ3) is 3.65. The van der Waals surface area contributed by atoms with Gasteiger partial charge < -0.3 is 0 Å². The van der Waals surface area contributed by atoms with E-state index in [0.717, 1.165) is 19.3 Å². The van der Waals surface area contributed by atoms with Crippen molar-refractivity contribution in [3.8, 4) is 0 Å². The highest BCUT2D eigenvalue weighted by Gasteiger charge is 2.25. The Labute approximate surface area is 123 Å². The average Bonchev–Trinajstić information content (AvgIpc) is 2.92. The summed E-state index contributed by atoms with van der Waals surface area (Å²) in [7, 11) is 0. The molecule has 1 atom stereocenters. The second-order valence-corrected chi connectivity index (χ2v) is 5.38. The highest BCUT2D eigenvalue weighted by molar-refractivity contribution is 6.13. The molecular weight excluding hydrogens is 272 g/mol. The Morgan fingerprint density at radius 2 is 1.29 bits per heavy atom. The molecule has 21 heavy (non-hydrogen) atoms. The van der Waals surface area contributed by atoms with Gasteiger partial charge in [0.05, 0.1) is 0 Å². The monoisotopic (exact) mass is 290 g/mol. The number of nitrogens with zero attached hydrogens (tertiary/aromatic N) is 2. The summed E-state index contributed by atoms with van der Waals surface area (Å²) in [5.41, 5.74) is 0. The Morgan fingerprint density at radius 3 is 1.81 bits per heavy atom. The fourth-order valence-electron chi connectivity index (χ4n) is 2.43. The molecule has 0 fully saturated rings. The molecule has 0 saturated carbocycles. The van der Waals surface area contributed by atoms with Gasteiger partial charge in [-0.2, -0.15) is 0 Å². The number of carbonyl (C=O) groups excluding carboxylic acids is 4. The van der Waals surface area contributed by atoms with Crippen molar-refractivity contribution in [1.29, 1.82) is 0 Å². The summed E-state index contributed by atoms with van der Waals surface area (Å²) in [6, 6.07) is 0. The molecule has 0 aromatic heterocycles. The predicted octanol–water partition coefficient (Wildman–Crippen LogP) is 0.643. The first kappa shape index (κ1) is 15.2. The van der Waals surface area contributed by atoms with Crippen molar-refractivity contribution in [1.82, 2.24) is 9.80 Å². The van der Waals surface area contributed by atoms with E-state index in [-0.39, 0.29) is 29.5 Å². The molecule has 6 nitrogen and oxygen atoms in total.